The number of aliphatic hydroxyl groups excluding tert-OH is 1. The van der Waals surface area contributed by atoms with E-state index < -0.39 is 42.0 Å². The maximum Gasteiger partial charge on any atom is 0.326 e. The molecule has 10 heteroatoms. The van der Waals surface area contributed by atoms with Crippen LogP contribution in [0.4, 0.5) is 0 Å². The molecule has 0 fully saturated rings. The summed E-state index contributed by atoms with van der Waals surface area (Å²) in [7, 11) is 0. The first-order valence-electron chi connectivity index (χ1n) is 7.88. The summed E-state index contributed by atoms with van der Waals surface area (Å²) in [5.74, 6) is -2.83. The molecule has 0 aromatic carbocycles. The van der Waals surface area contributed by atoms with Gasteiger partial charge in [-0.2, -0.15) is 0 Å². The highest BCUT2D eigenvalue weighted by Gasteiger charge is 2.31. The van der Waals surface area contributed by atoms with Crippen LogP contribution < -0.4 is 16.4 Å². The van der Waals surface area contributed by atoms with Crippen molar-refractivity contribution >= 4 is 17.8 Å². The van der Waals surface area contributed by atoms with E-state index in [-0.39, 0.29) is 12.3 Å². The van der Waals surface area contributed by atoms with Gasteiger partial charge in [0.2, 0.25) is 11.8 Å². The third-order valence-corrected chi connectivity index (χ3v) is 3.68. The van der Waals surface area contributed by atoms with Crippen molar-refractivity contribution in [1.29, 1.82) is 0 Å². The second-order valence-corrected chi connectivity index (χ2v) is 6.18. The highest BCUT2D eigenvalue weighted by atomic mass is 16.4. The minimum absolute atomic E-state index is 0.0208. The molecule has 4 atom stereocenters. The summed E-state index contributed by atoms with van der Waals surface area (Å²) in [4.78, 5) is 42.2. The van der Waals surface area contributed by atoms with Gasteiger partial charge in [0, 0.05) is 18.3 Å². The molecule has 0 aliphatic heterocycles. The summed E-state index contributed by atoms with van der Waals surface area (Å²) < 4.78 is 0. The molecule has 0 saturated heterocycles. The Balaban J connectivity index is 2.79. The van der Waals surface area contributed by atoms with Crippen LogP contribution in [0.2, 0.25) is 0 Å². The highest BCUT2D eigenvalue weighted by Crippen LogP contribution is 2.03. The van der Waals surface area contributed by atoms with Crippen LogP contribution >= 0.6 is 0 Å². The van der Waals surface area contributed by atoms with Gasteiger partial charge in [0.1, 0.15) is 12.1 Å². The molecule has 0 spiro atoms. The van der Waals surface area contributed by atoms with Gasteiger partial charge < -0.3 is 31.6 Å². The highest BCUT2D eigenvalue weighted by molar-refractivity contribution is 5.92. The Morgan fingerprint density at radius 3 is 2.32 bits per heavy atom. The van der Waals surface area contributed by atoms with E-state index in [1.807, 2.05) is 0 Å². The molecule has 0 saturated carbocycles. The molecule has 10 nitrogen and oxygen atoms in total. The Kier molecular flexibility index (Phi) is 7.52. The lowest BCUT2D eigenvalue weighted by Crippen LogP contribution is -2.59. The molecule has 1 rings (SSSR count). The van der Waals surface area contributed by atoms with Crippen molar-refractivity contribution in [3.8, 4) is 0 Å². The number of carboxylic acid groups (broad SMARTS) is 1. The fourth-order valence-electron chi connectivity index (χ4n) is 2.04. The largest absolute Gasteiger partial charge is 0.480 e. The van der Waals surface area contributed by atoms with E-state index in [1.54, 1.807) is 13.8 Å². The Bertz CT molecular complexity index is 587. The van der Waals surface area contributed by atoms with Gasteiger partial charge in [0.25, 0.3) is 0 Å². The first kappa shape index (κ1) is 20.6. The number of nitrogens with zero attached hydrogens (tertiary/aromatic N) is 1. The fraction of sp³-hybridized carbons (Fsp3) is 0.600. The van der Waals surface area contributed by atoms with Crippen LogP contribution in [0.1, 0.15) is 26.5 Å². The number of rotatable bonds is 9. The first-order chi connectivity index (χ1) is 11.6. The molecule has 25 heavy (non-hydrogen) atoms. The van der Waals surface area contributed by atoms with E-state index in [0.29, 0.717) is 5.69 Å². The second kappa shape index (κ2) is 9.14. The standard InChI is InChI=1S/C15H25N5O5/c1-7(2)11(16)13(22)20-12(8(3)21)14(23)19-10(15(24)25)4-9-5-17-6-18-9/h5-8,10-12,21H,4,16H2,1-3H3,(H,17,18)(H,19,23)(H,20,22)(H,24,25)/t8-,10-,11+,12+/m0/s1. The van der Waals surface area contributed by atoms with Gasteiger partial charge in [-0.25, -0.2) is 9.78 Å². The molecule has 1 aromatic heterocycles. The smallest absolute Gasteiger partial charge is 0.326 e. The van der Waals surface area contributed by atoms with Gasteiger partial charge in [-0.05, 0) is 12.8 Å². The van der Waals surface area contributed by atoms with Crippen molar-refractivity contribution in [2.24, 2.45) is 11.7 Å². The number of aromatic amines is 1. The van der Waals surface area contributed by atoms with Crippen molar-refractivity contribution in [2.75, 3.05) is 0 Å². The summed E-state index contributed by atoms with van der Waals surface area (Å²) in [6.45, 7) is 4.80. The number of aliphatic carboxylic acids is 1. The zero-order valence-electron chi connectivity index (χ0n) is 14.4. The number of nitrogens with two attached hydrogens (primary N) is 1. The van der Waals surface area contributed by atoms with Crippen molar-refractivity contribution in [2.45, 2.75) is 51.4 Å². The Hall–Kier alpha value is -2.46. The fourth-order valence-corrected chi connectivity index (χ4v) is 2.04. The number of hydrogen-bond donors (Lipinski definition) is 6. The Morgan fingerprint density at radius 2 is 1.88 bits per heavy atom. The van der Waals surface area contributed by atoms with E-state index in [9.17, 15) is 24.6 Å². The number of aromatic nitrogens is 2. The molecule has 140 valence electrons. The molecule has 7 N–H and O–H groups in total. The molecule has 1 heterocycles. The molecule has 1 aromatic rings. The van der Waals surface area contributed by atoms with E-state index >= 15 is 0 Å². The summed E-state index contributed by atoms with van der Waals surface area (Å²) in [6.07, 6.45) is 1.58. The van der Waals surface area contributed by atoms with Gasteiger partial charge >= 0.3 is 5.97 Å². The number of amides is 2. The average Bonchev–Trinajstić information content (AvgIpc) is 3.03. The molecule has 0 unspecified atom stereocenters. The number of carboxylic acids is 1. The number of aliphatic hydroxyl groups is 1. The molecular formula is C15H25N5O5. The van der Waals surface area contributed by atoms with E-state index in [2.05, 4.69) is 20.6 Å². The van der Waals surface area contributed by atoms with Crippen molar-refractivity contribution < 1.29 is 24.6 Å². The van der Waals surface area contributed by atoms with E-state index in [1.165, 1.54) is 19.4 Å². The molecule has 2 amide bonds. The maximum atomic E-state index is 12.3. The van der Waals surface area contributed by atoms with Crippen molar-refractivity contribution in [1.82, 2.24) is 20.6 Å². The number of carbonyl (C=O) groups is 3. The van der Waals surface area contributed by atoms with Crippen LogP contribution in [0.5, 0.6) is 0 Å². The monoisotopic (exact) mass is 355 g/mol. The summed E-state index contributed by atoms with van der Waals surface area (Å²) in [6, 6.07) is -3.42. The molecule has 0 aliphatic carbocycles. The summed E-state index contributed by atoms with van der Waals surface area (Å²) in [5, 5.41) is 23.7. The lowest BCUT2D eigenvalue weighted by molar-refractivity contribution is -0.143. The number of nitrogens with one attached hydrogen (secondary N) is 3. The minimum atomic E-state index is -1.32. The number of carbonyl (C=O) groups excluding carboxylic acids is 2. The lowest BCUT2D eigenvalue weighted by Gasteiger charge is -2.25. The molecule has 0 aliphatic rings. The van der Waals surface area contributed by atoms with Gasteiger partial charge in [0.05, 0.1) is 18.5 Å². The quantitative estimate of drug-likeness (QED) is 0.309. The maximum absolute atomic E-state index is 12.3. The molecule has 0 radical (unpaired) electrons. The van der Waals surface area contributed by atoms with Crippen LogP contribution in [0.25, 0.3) is 0 Å². The minimum Gasteiger partial charge on any atom is -0.480 e. The molecular weight excluding hydrogens is 330 g/mol. The van der Waals surface area contributed by atoms with E-state index in [0.717, 1.165) is 0 Å². The van der Waals surface area contributed by atoms with Gasteiger partial charge in [-0.1, -0.05) is 13.8 Å². The lowest BCUT2D eigenvalue weighted by atomic mass is 10.0. The second-order valence-electron chi connectivity index (χ2n) is 6.18. The van der Waals surface area contributed by atoms with Crippen LogP contribution in [-0.2, 0) is 20.8 Å². The van der Waals surface area contributed by atoms with E-state index in [4.69, 9.17) is 5.73 Å². The zero-order chi connectivity index (χ0) is 19.1. The summed E-state index contributed by atoms with van der Waals surface area (Å²) in [5.41, 5.74) is 6.24. The third-order valence-electron chi connectivity index (χ3n) is 3.68. The van der Waals surface area contributed by atoms with Gasteiger partial charge in [0.15, 0.2) is 0 Å². The zero-order valence-corrected chi connectivity index (χ0v) is 14.4. The number of H-pyrrole nitrogens is 1. The third kappa shape index (κ3) is 6.16. The van der Waals surface area contributed by atoms with Gasteiger partial charge in [-0.15, -0.1) is 0 Å². The van der Waals surface area contributed by atoms with Crippen molar-refractivity contribution in [3.63, 3.8) is 0 Å². The first-order valence-corrected chi connectivity index (χ1v) is 7.88. The van der Waals surface area contributed by atoms with Crippen LogP contribution in [0.3, 0.4) is 0 Å². The Labute approximate surface area is 145 Å². The molecule has 0 bridgehead atoms. The van der Waals surface area contributed by atoms with Crippen LogP contribution in [0.15, 0.2) is 12.5 Å². The van der Waals surface area contributed by atoms with Crippen LogP contribution in [0, 0.1) is 5.92 Å². The SMILES string of the molecule is CC(C)[C@@H](N)C(=O)N[C@@H](C(=O)N[C@@H](Cc1cnc[nH]1)C(=O)O)[C@H](C)O. The normalized spacial score (nSPS) is 15.9. The number of imidazole rings is 1. The Morgan fingerprint density at radius 1 is 1.24 bits per heavy atom. The summed E-state index contributed by atoms with van der Waals surface area (Å²) >= 11 is 0. The van der Waals surface area contributed by atoms with Crippen LogP contribution in [-0.4, -0.2) is 62.2 Å². The predicted octanol–water partition coefficient (Wildman–Crippen LogP) is -1.63. The average molecular weight is 355 g/mol. The number of hydrogen-bond acceptors (Lipinski definition) is 6. The van der Waals surface area contributed by atoms with Gasteiger partial charge in [-0.3, -0.25) is 9.59 Å². The topological polar surface area (TPSA) is 170 Å². The predicted molar refractivity (Wildman–Crippen MR) is 88.3 cm³/mol. The van der Waals surface area contributed by atoms with Crippen molar-refractivity contribution in [3.05, 3.63) is 18.2 Å².